The normalized spacial score (nSPS) is 15.6. The highest BCUT2D eigenvalue weighted by Crippen LogP contribution is 2.02. The molecule has 0 aromatic rings. The van der Waals surface area contributed by atoms with Crippen molar-refractivity contribution in [3.05, 3.63) is 0 Å². The van der Waals surface area contributed by atoms with Crippen LogP contribution in [-0.4, -0.2) is 25.7 Å². The first-order valence-corrected chi connectivity index (χ1v) is 7.37. The minimum absolute atomic E-state index is 0.795. The van der Waals surface area contributed by atoms with Gasteiger partial charge in [-0.2, -0.15) is 0 Å². The molecule has 100 valence electrons. The Labute approximate surface area is 104 Å². The maximum Gasteiger partial charge on any atom is 0.00912 e. The lowest BCUT2D eigenvalue weighted by molar-refractivity contribution is 0.384. The summed E-state index contributed by atoms with van der Waals surface area (Å²) in [5, 5.41) is 6.99. The Morgan fingerprint density at radius 3 is 2.06 bits per heavy atom. The number of hydrogen-bond acceptors (Lipinski definition) is 2. The Bertz CT molecular complexity index is 98.9. The lowest BCUT2D eigenvalue weighted by Gasteiger charge is -2.23. The summed E-state index contributed by atoms with van der Waals surface area (Å²) in [4.78, 5) is 0. The van der Waals surface area contributed by atoms with Gasteiger partial charge in [-0.15, -0.1) is 0 Å². The van der Waals surface area contributed by atoms with Gasteiger partial charge in [0.2, 0.25) is 0 Å². The fraction of sp³-hybridized carbons (Fsp3) is 1.00. The second-order valence-electron chi connectivity index (χ2n) is 3.69. The monoisotopic (exact) mass is 230 g/mol. The molecular formula is C14H34N2. The van der Waals surface area contributed by atoms with Crippen LogP contribution in [-0.2, 0) is 0 Å². The van der Waals surface area contributed by atoms with Crippen LogP contribution in [0.15, 0.2) is 0 Å². The lowest BCUT2D eigenvalue weighted by atomic mass is 10.1. The molecule has 1 aliphatic heterocycles. The molecule has 1 heterocycles. The number of unbranched alkanes of at least 4 members (excludes halogenated alkanes) is 2. The fourth-order valence-electron chi connectivity index (χ4n) is 1.71. The Morgan fingerprint density at radius 2 is 1.56 bits per heavy atom. The smallest absolute Gasteiger partial charge is 0.00912 e. The first-order chi connectivity index (χ1) is 7.93. The summed E-state index contributed by atoms with van der Waals surface area (Å²) in [5.74, 6) is 0. The van der Waals surface area contributed by atoms with Crippen molar-refractivity contribution in [1.82, 2.24) is 10.6 Å². The fourth-order valence-corrected chi connectivity index (χ4v) is 1.71. The van der Waals surface area contributed by atoms with E-state index in [0.29, 0.717) is 0 Å². The summed E-state index contributed by atoms with van der Waals surface area (Å²) < 4.78 is 0. The molecule has 0 spiro atoms. The van der Waals surface area contributed by atoms with Crippen molar-refractivity contribution in [1.29, 1.82) is 0 Å². The van der Waals surface area contributed by atoms with E-state index in [2.05, 4.69) is 17.6 Å². The summed E-state index contributed by atoms with van der Waals surface area (Å²) >= 11 is 0. The quantitative estimate of drug-likeness (QED) is 0.706. The first kappa shape index (κ1) is 18.3. The summed E-state index contributed by atoms with van der Waals surface area (Å²) in [6, 6.07) is 0.795. The number of piperidine rings is 1. The minimum Gasteiger partial charge on any atom is -0.317 e. The van der Waals surface area contributed by atoms with Gasteiger partial charge in [0.15, 0.2) is 0 Å². The molecule has 0 atom stereocenters. The molecule has 0 saturated carbocycles. The number of hydrogen-bond donors (Lipinski definition) is 2. The highest BCUT2D eigenvalue weighted by atomic mass is 15.0. The Hall–Kier alpha value is -0.0800. The van der Waals surface area contributed by atoms with Crippen molar-refractivity contribution in [2.45, 2.75) is 72.8 Å². The minimum atomic E-state index is 0.795. The molecule has 1 fully saturated rings. The third-order valence-corrected chi connectivity index (χ3v) is 2.55. The molecule has 0 aromatic heterocycles. The van der Waals surface area contributed by atoms with Crippen LogP contribution in [0, 0.1) is 0 Å². The standard InChI is InChI=1S/C10H22N2.2C2H6/c1-2-3-4-7-12-10-5-8-11-9-6-10;2*1-2/h10-12H,2-9H2,1H3;2*1-2H3. The van der Waals surface area contributed by atoms with Crippen molar-refractivity contribution in [3.63, 3.8) is 0 Å². The maximum atomic E-state index is 3.62. The van der Waals surface area contributed by atoms with Crippen molar-refractivity contribution >= 4 is 0 Å². The van der Waals surface area contributed by atoms with Crippen LogP contribution < -0.4 is 10.6 Å². The summed E-state index contributed by atoms with van der Waals surface area (Å²) in [5.41, 5.74) is 0. The van der Waals surface area contributed by atoms with Crippen LogP contribution in [0.3, 0.4) is 0 Å². The topological polar surface area (TPSA) is 24.1 Å². The molecule has 0 bridgehead atoms. The zero-order valence-corrected chi connectivity index (χ0v) is 12.2. The van der Waals surface area contributed by atoms with Crippen LogP contribution in [0.2, 0.25) is 0 Å². The Balaban J connectivity index is 0. The molecule has 0 amide bonds. The highest BCUT2D eigenvalue weighted by Gasteiger charge is 2.10. The second-order valence-corrected chi connectivity index (χ2v) is 3.69. The first-order valence-electron chi connectivity index (χ1n) is 7.37. The summed E-state index contributed by atoms with van der Waals surface area (Å²) in [7, 11) is 0. The second kappa shape index (κ2) is 17.3. The third kappa shape index (κ3) is 12.0. The van der Waals surface area contributed by atoms with E-state index in [-0.39, 0.29) is 0 Å². The van der Waals surface area contributed by atoms with Crippen LogP contribution in [0.4, 0.5) is 0 Å². The lowest BCUT2D eigenvalue weighted by Crippen LogP contribution is -2.40. The van der Waals surface area contributed by atoms with E-state index in [1.54, 1.807) is 0 Å². The molecule has 0 radical (unpaired) electrons. The van der Waals surface area contributed by atoms with Gasteiger partial charge in [0, 0.05) is 6.04 Å². The highest BCUT2D eigenvalue weighted by molar-refractivity contribution is 4.73. The van der Waals surface area contributed by atoms with Crippen LogP contribution in [0.1, 0.15) is 66.7 Å². The van der Waals surface area contributed by atoms with E-state index >= 15 is 0 Å². The van der Waals surface area contributed by atoms with Gasteiger partial charge in [0.05, 0.1) is 0 Å². The van der Waals surface area contributed by atoms with Crippen molar-refractivity contribution in [3.8, 4) is 0 Å². The van der Waals surface area contributed by atoms with Gasteiger partial charge < -0.3 is 10.6 Å². The molecular weight excluding hydrogens is 196 g/mol. The summed E-state index contributed by atoms with van der Waals surface area (Å²) in [6.07, 6.45) is 6.67. The number of nitrogens with one attached hydrogen (secondary N) is 2. The van der Waals surface area contributed by atoms with E-state index < -0.39 is 0 Å². The predicted octanol–water partition coefficient (Wildman–Crippen LogP) is 3.57. The van der Waals surface area contributed by atoms with E-state index in [4.69, 9.17) is 0 Å². The Kier molecular flexibility index (Phi) is 19.8. The van der Waals surface area contributed by atoms with Crippen molar-refractivity contribution in [2.24, 2.45) is 0 Å². The number of rotatable bonds is 5. The van der Waals surface area contributed by atoms with E-state index in [0.717, 1.165) is 6.04 Å². The van der Waals surface area contributed by atoms with Gasteiger partial charge in [-0.05, 0) is 38.9 Å². The molecule has 2 N–H and O–H groups in total. The van der Waals surface area contributed by atoms with E-state index in [1.807, 2.05) is 27.7 Å². The molecule has 1 rings (SSSR count). The molecule has 0 aliphatic carbocycles. The molecule has 1 aliphatic rings. The zero-order chi connectivity index (χ0) is 12.6. The van der Waals surface area contributed by atoms with E-state index in [1.165, 1.54) is 51.7 Å². The van der Waals surface area contributed by atoms with Gasteiger partial charge >= 0.3 is 0 Å². The van der Waals surface area contributed by atoms with Crippen LogP contribution in [0.25, 0.3) is 0 Å². The average molecular weight is 230 g/mol. The molecule has 2 heteroatoms. The molecule has 0 aromatic carbocycles. The SMILES string of the molecule is CC.CC.CCCCCNC1CCNCC1. The van der Waals surface area contributed by atoms with Crippen LogP contribution >= 0.6 is 0 Å². The molecule has 2 nitrogen and oxygen atoms in total. The van der Waals surface area contributed by atoms with Crippen molar-refractivity contribution < 1.29 is 0 Å². The van der Waals surface area contributed by atoms with Gasteiger partial charge in [0.1, 0.15) is 0 Å². The Morgan fingerprint density at radius 1 is 1.00 bits per heavy atom. The predicted molar refractivity (Wildman–Crippen MR) is 76.1 cm³/mol. The molecule has 1 saturated heterocycles. The molecule has 16 heavy (non-hydrogen) atoms. The zero-order valence-electron chi connectivity index (χ0n) is 12.2. The van der Waals surface area contributed by atoms with Crippen molar-refractivity contribution in [2.75, 3.05) is 19.6 Å². The summed E-state index contributed by atoms with van der Waals surface area (Å²) in [6.45, 7) is 13.9. The average Bonchev–Trinajstić information content (AvgIpc) is 2.41. The van der Waals surface area contributed by atoms with Gasteiger partial charge in [-0.25, -0.2) is 0 Å². The van der Waals surface area contributed by atoms with Crippen LogP contribution in [0.5, 0.6) is 0 Å². The van der Waals surface area contributed by atoms with Gasteiger partial charge in [0.25, 0.3) is 0 Å². The largest absolute Gasteiger partial charge is 0.317 e. The third-order valence-electron chi connectivity index (χ3n) is 2.55. The van der Waals surface area contributed by atoms with E-state index in [9.17, 15) is 0 Å². The van der Waals surface area contributed by atoms with Gasteiger partial charge in [-0.3, -0.25) is 0 Å². The maximum absolute atomic E-state index is 3.62. The molecule has 0 unspecified atom stereocenters. The van der Waals surface area contributed by atoms with Gasteiger partial charge in [-0.1, -0.05) is 47.5 Å².